The fraction of sp³-hybridized carbons (Fsp3) is 0.538. The highest BCUT2D eigenvalue weighted by Crippen LogP contribution is 2.33. The molecule has 0 fully saturated rings. The number of benzene rings is 1. The molecule has 0 saturated heterocycles. The Hall–Kier alpha value is -1.10. The molecule has 1 aromatic carbocycles. The van der Waals surface area contributed by atoms with E-state index in [-0.39, 0.29) is 19.3 Å². The van der Waals surface area contributed by atoms with E-state index in [0.29, 0.717) is 0 Å². The van der Waals surface area contributed by atoms with Gasteiger partial charge < -0.3 is 21.3 Å². The maximum Gasteiger partial charge on any atom is 0.0633 e. The molecule has 0 heterocycles. The van der Waals surface area contributed by atoms with E-state index in [0.717, 1.165) is 18.5 Å². The highest BCUT2D eigenvalue weighted by Gasteiger charge is 2.30. The van der Waals surface area contributed by atoms with E-state index in [1.165, 1.54) is 11.1 Å². The van der Waals surface area contributed by atoms with E-state index >= 15 is 0 Å². The number of aliphatic hydroxyl groups is 2. The molecule has 1 aromatic rings. The van der Waals surface area contributed by atoms with Gasteiger partial charge in [-0.05, 0) is 43.0 Å². The predicted molar refractivity (Wildman–Crippen MR) is 67.6 cm³/mol. The van der Waals surface area contributed by atoms with Gasteiger partial charge in [0, 0.05) is 11.7 Å². The highest BCUT2D eigenvalue weighted by molar-refractivity contribution is 5.47. The predicted octanol–water partition coefficient (Wildman–Crippen LogP) is 0.589. The van der Waals surface area contributed by atoms with Gasteiger partial charge in [-0.2, -0.15) is 0 Å². The van der Waals surface area contributed by atoms with Crippen LogP contribution >= 0.6 is 0 Å². The summed E-state index contributed by atoms with van der Waals surface area (Å²) in [7, 11) is 0. The maximum absolute atomic E-state index is 9.30. The number of rotatable bonds is 4. The minimum absolute atomic E-state index is 0.0791. The zero-order valence-corrected chi connectivity index (χ0v) is 10.1. The molecular weight excluding hydrogens is 216 g/mol. The van der Waals surface area contributed by atoms with E-state index in [1.54, 1.807) is 0 Å². The van der Waals surface area contributed by atoms with Gasteiger partial charge in [0.1, 0.15) is 0 Å². The molecule has 94 valence electrons. The second-order valence-corrected chi connectivity index (χ2v) is 5.07. The van der Waals surface area contributed by atoms with Crippen LogP contribution in [0.1, 0.15) is 30.5 Å². The van der Waals surface area contributed by atoms with Crippen LogP contribution in [-0.2, 0) is 6.42 Å². The van der Waals surface area contributed by atoms with Crippen LogP contribution in [0.4, 0.5) is 5.69 Å². The normalized spacial score (nSPS) is 19.4. The van der Waals surface area contributed by atoms with Crippen LogP contribution in [0.2, 0.25) is 0 Å². The van der Waals surface area contributed by atoms with Crippen LogP contribution in [-0.4, -0.2) is 29.0 Å². The molecule has 1 aliphatic carbocycles. The van der Waals surface area contributed by atoms with Gasteiger partial charge in [-0.1, -0.05) is 6.07 Å². The van der Waals surface area contributed by atoms with E-state index in [2.05, 4.69) is 5.32 Å². The molecular formula is C13H20N2O2. The minimum Gasteiger partial charge on any atom is -0.399 e. The summed E-state index contributed by atoms with van der Waals surface area (Å²) in [6.45, 7) is 1.66. The first-order valence-corrected chi connectivity index (χ1v) is 5.96. The number of hydrogen-bond donors (Lipinski definition) is 4. The Morgan fingerprint density at radius 1 is 1.41 bits per heavy atom. The molecule has 0 radical (unpaired) electrons. The summed E-state index contributed by atoms with van der Waals surface area (Å²) < 4.78 is 0. The number of nitrogens with two attached hydrogens (primary N) is 1. The third kappa shape index (κ3) is 2.44. The molecule has 5 N–H and O–H groups in total. The molecule has 0 amide bonds. The highest BCUT2D eigenvalue weighted by atomic mass is 16.3. The lowest BCUT2D eigenvalue weighted by atomic mass is 10.0. The van der Waals surface area contributed by atoms with Crippen LogP contribution in [0.15, 0.2) is 18.2 Å². The average Bonchev–Trinajstić information content (AvgIpc) is 2.71. The maximum atomic E-state index is 9.30. The quantitative estimate of drug-likeness (QED) is 0.577. The van der Waals surface area contributed by atoms with Crippen molar-refractivity contribution >= 4 is 5.69 Å². The summed E-state index contributed by atoms with van der Waals surface area (Å²) in [5, 5.41) is 21.9. The zero-order valence-electron chi connectivity index (χ0n) is 10.1. The number of nitrogens with one attached hydrogen (secondary N) is 1. The monoisotopic (exact) mass is 236 g/mol. The second-order valence-electron chi connectivity index (χ2n) is 5.07. The Labute approximate surface area is 101 Å². The summed E-state index contributed by atoms with van der Waals surface area (Å²) in [5.41, 5.74) is 8.41. The Balaban J connectivity index is 2.17. The van der Waals surface area contributed by atoms with Crippen molar-refractivity contribution in [2.75, 3.05) is 18.9 Å². The van der Waals surface area contributed by atoms with Crippen LogP contribution < -0.4 is 11.1 Å². The molecule has 17 heavy (non-hydrogen) atoms. The van der Waals surface area contributed by atoms with Crippen molar-refractivity contribution < 1.29 is 10.2 Å². The van der Waals surface area contributed by atoms with Gasteiger partial charge in [-0.15, -0.1) is 0 Å². The van der Waals surface area contributed by atoms with E-state index in [1.807, 2.05) is 25.1 Å². The average molecular weight is 236 g/mol. The summed E-state index contributed by atoms with van der Waals surface area (Å²) in [5.74, 6) is 0. The minimum atomic E-state index is -0.631. The fourth-order valence-electron chi connectivity index (χ4n) is 2.35. The van der Waals surface area contributed by atoms with E-state index in [4.69, 9.17) is 5.73 Å². The number of aliphatic hydroxyl groups excluding tert-OH is 2. The number of anilines is 1. The molecule has 0 aromatic heterocycles. The molecule has 4 nitrogen and oxygen atoms in total. The van der Waals surface area contributed by atoms with Gasteiger partial charge in [-0.25, -0.2) is 0 Å². The van der Waals surface area contributed by atoms with Gasteiger partial charge in [0.15, 0.2) is 0 Å². The fourth-order valence-corrected chi connectivity index (χ4v) is 2.35. The van der Waals surface area contributed by atoms with Gasteiger partial charge in [0.2, 0.25) is 0 Å². The molecule has 0 aliphatic heterocycles. The first-order chi connectivity index (χ1) is 8.08. The lowest BCUT2D eigenvalue weighted by Gasteiger charge is -2.30. The van der Waals surface area contributed by atoms with Crippen molar-refractivity contribution in [3.63, 3.8) is 0 Å². The Bertz CT molecular complexity index is 402. The summed E-state index contributed by atoms with van der Waals surface area (Å²) >= 11 is 0. The lowest BCUT2D eigenvalue weighted by molar-refractivity contribution is 0.0939. The van der Waals surface area contributed by atoms with Crippen molar-refractivity contribution in [2.45, 2.75) is 31.3 Å². The Kier molecular flexibility index (Phi) is 3.38. The number of fused-ring (bicyclic) bond motifs is 1. The smallest absolute Gasteiger partial charge is 0.0633 e. The topological polar surface area (TPSA) is 78.5 Å². The van der Waals surface area contributed by atoms with Crippen LogP contribution in [0.3, 0.4) is 0 Å². The zero-order chi connectivity index (χ0) is 12.5. The Morgan fingerprint density at radius 3 is 2.76 bits per heavy atom. The lowest BCUT2D eigenvalue weighted by Crippen LogP contribution is -2.50. The van der Waals surface area contributed by atoms with Gasteiger partial charge in [0.25, 0.3) is 0 Å². The summed E-state index contributed by atoms with van der Waals surface area (Å²) in [4.78, 5) is 0. The number of nitrogen functional groups attached to an aromatic ring is 1. The standard InChI is InChI=1S/C13H20N2O2/c1-13(7-16,8-17)15-12-5-2-9-6-10(14)3-4-11(9)12/h3-4,6,12,15-17H,2,5,7-8,14H2,1H3. The van der Waals surface area contributed by atoms with Crippen molar-refractivity contribution in [2.24, 2.45) is 0 Å². The van der Waals surface area contributed by atoms with Crippen molar-refractivity contribution in [1.82, 2.24) is 5.32 Å². The van der Waals surface area contributed by atoms with Crippen molar-refractivity contribution in [1.29, 1.82) is 0 Å². The van der Waals surface area contributed by atoms with Crippen LogP contribution in [0.5, 0.6) is 0 Å². The third-order valence-corrected chi connectivity index (χ3v) is 3.47. The first kappa shape index (κ1) is 12.4. The second kappa shape index (κ2) is 4.64. The van der Waals surface area contributed by atoms with E-state index < -0.39 is 5.54 Å². The van der Waals surface area contributed by atoms with Gasteiger partial charge in [-0.3, -0.25) is 0 Å². The first-order valence-electron chi connectivity index (χ1n) is 5.96. The molecule has 0 saturated carbocycles. The summed E-state index contributed by atoms with van der Waals surface area (Å²) in [6.07, 6.45) is 1.97. The molecule has 1 unspecified atom stereocenters. The number of hydrogen-bond acceptors (Lipinski definition) is 4. The molecule has 0 bridgehead atoms. The molecule has 1 atom stereocenters. The largest absolute Gasteiger partial charge is 0.399 e. The molecule has 1 aliphatic rings. The number of aryl methyl sites for hydroxylation is 1. The molecule has 2 rings (SSSR count). The van der Waals surface area contributed by atoms with Crippen LogP contribution in [0, 0.1) is 0 Å². The SMILES string of the molecule is CC(CO)(CO)NC1CCc2cc(N)ccc21. The van der Waals surface area contributed by atoms with Crippen LogP contribution in [0.25, 0.3) is 0 Å². The Morgan fingerprint density at radius 2 is 2.12 bits per heavy atom. The van der Waals surface area contributed by atoms with Gasteiger partial charge in [0.05, 0.1) is 18.8 Å². The third-order valence-electron chi connectivity index (χ3n) is 3.47. The van der Waals surface area contributed by atoms with E-state index in [9.17, 15) is 10.2 Å². The summed E-state index contributed by atoms with van der Waals surface area (Å²) in [6, 6.07) is 6.13. The van der Waals surface area contributed by atoms with Crippen molar-refractivity contribution in [3.8, 4) is 0 Å². The molecule has 4 heteroatoms. The molecule has 0 spiro atoms. The van der Waals surface area contributed by atoms with Gasteiger partial charge >= 0.3 is 0 Å². The van der Waals surface area contributed by atoms with Crippen molar-refractivity contribution in [3.05, 3.63) is 29.3 Å².